The summed E-state index contributed by atoms with van der Waals surface area (Å²) in [4.78, 5) is 0. The molecule has 0 amide bonds. The number of hydrogen-bond donors (Lipinski definition) is 3. The summed E-state index contributed by atoms with van der Waals surface area (Å²) in [6.45, 7) is 8.01. The lowest BCUT2D eigenvalue weighted by Gasteiger charge is -2.30. The Kier molecular flexibility index (Phi) is 5.20. The maximum absolute atomic E-state index is 15.0. The predicted molar refractivity (Wildman–Crippen MR) is 130 cm³/mol. The molecular weight excluding hydrogens is 497 g/mol. The maximum Gasteiger partial charge on any atom is 0.188 e. The number of nitriles is 2. The van der Waals surface area contributed by atoms with Gasteiger partial charge in [0.05, 0.1) is 0 Å². The van der Waals surface area contributed by atoms with E-state index in [9.17, 15) is 29.4 Å². The van der Waals surface area contributed by atoms with Crippen molar-refractivity contribution in [2.75, 3.05) is 0 Å². The number of nitrogens with zero attached hydrogens (tertiary/aromatic N) is 2. The van der Waals surface area contributed by atoms with Crippen LogP contribution in [0.2, 0.25) is 0 Å². The highest BCUT2D eigenvalue weighted by atomic mass is 19.2. The molecule has 6 nitrogen and oxygen atoms in total. The van der Waals surface area contributed by atoms with Crippen LogP contribution in [0.1, 0.15) is 73.9 Å². The van der Waals surface area contributed by atoms with E-state index in [4.69, 9.17) is 10.00 Å². The number of aromatic hydroxyl groups is 3. The lowest BCUT2D eigenvalue weighted by atomic mass is 9.72. The average Bonchev–Trinajstić information content (AvgIpc) is 3.17. The SMILES string of the molecule is CC1(C)CC2(CC(C)(C)c3cc(O)c(Oc4c(F)c(C#N)c(F)c(F)c4C#N)cc32)c2cc(O)c(O)cc21. The summed E-state index contributed by atoms with van der Waals surface area (Å²) < 4.78 is 49.1. The highest BCUT2D eigenvalue weighted by Crippen LogP contribution is 2.64. The molecule has 0 saturated heterocycles. The largest absolute Gasteiger partial charge is 0.504 e. The molecule has 0 radical (unpaired) electrons. The van der Waals surface area contributed by atoms with Crippen LogP contribution in [0.5, 0.6) is 28.7 Å². The van der Waals surface area contributed by atoms with Crippen LogP contribution >= 0.6 is 0 Å². The van der Waals surface area contributed by atoms with Gasteiger partial charge < -0.3 is 20.1 Å². The molecule has 2 aliphatic rings. The van der Waals surface area contributed by atoms with Crippen LogP contribution in [0.3, 0.4) is 0 Å². The zero-order chi connectivity index (χ0) is 27.9. The second kappa shape index (κ2) is 7.82. The Morgan fingerprint density at radius 1 is 0.684 bits per heavy atom. The number of ether oxygens (including phenoxy) is 1. The van der Waals surface area contributed by atoms with Crippen molar-refractivity contribution in [3.8, 4) is 40.9 Å². The zero-order valence-electron chi connectivity index (χ0n) is 21.0. The Bertz CT molecular complexity index is 1650. The molecule has 0 saturated carbocycles. The number of halogens is 3. The fraction of sp³-hybridized carbons (Fsp3) is 0.310. The van der Waals surface area contributed by atoms with Crippen LogP contribution in [0, 0.1) is 40.1 Å². The zero-order valence-corrected chi connectivity index (χ0v) is 21.0. The minimum atomic E-state index is -1.80. The third-order valence-corrected chi connectivity index (χ3v) is 7.90. The summed E-state index contributed by atoms with van der Waals surface area (Å²) in [6, 6.07) is 8.60. The van der Waals surface area contributed by atoms with E-state index in [0.29, 0.717) is 18.4 Å². The Morgan fingerprint density at radius 3 is 1.66 bits per heavy atom. The van der Waals surface area contributed by atoms with E-state index in [1.165, 1.54) is 30.3 Å². The topological polar surface area (TPSA) is 118 Å². The van der Waals surface area contributed by atoms with Gasteiger partial charge in [0.25, 0.3) is 0 Å². The maximum atomic E-state index is 15.0. The van der Waals surface area contributed by atoms with E-state index in [1.54, 1.807) is 6.07 Å². The summed E-state index contributed by atoms with van der Waals surface area (Å²) >= 11 is 0. The molecule has 9 heteroatoms. The normalized spacial score (nSPS) is 20.0. The molecule has 1 unspecified atom stereocenters. The van der Waals surface area contributed by atoms with Gasteiger partial charge in [-0.1, -0.05) is 27.7 Å². The van der Waals surface area contributed by atoms with E-state index in [1.807, 2.05) is 27.7 Å². The average molecular weight is 521 g/mol. The van der Waals surface area contributed by atoms with Crippen LogP contribution in [0.15, 0.2) is 24.3 Å². The van der Waals surface area contributed by atoms with Crippen LogP contribution in [-0.2, 0) is 16.2 Å². The first-order valence-corrected chi connectivity index (χ1v) is 11.8. The quantitative estimate of drug-likeness (QED) is 0.266. The Morgan fingerprint density at radius 2 is 1.13 bits per heavy atom. The van der Waals surface area contributed by atoms with Crippen LogP contribution in [-0.4, -0.2) is 15.3 Å². The van der Waals surface area contributed by atoms with E-state index in [0.717, 1.165) is 16.7 Å². The number of phenolic OH excluding ortho intramolecular Hbond substituents is 3. The fourth-order valence-electron chi connectivity index (χ4n) is 6.47. The summed E-state index contributed by atoms with van der Waals surface area (Å²) in [7, 11) is 0. The minimum absolute atomic E-state index is 0.243. The van der Waals surface area contributed by atoms with E-state index in [-0.39, 0.29) is 17.2 Å². The van der Waals surface area contributed by atoms with E-state index >= 15 is 4.39 Å². The number of benzene rings is 3. The Labute approximate surface area is 216 Å². The molecule has 38 heavy (non-hydrogen) atoms. The van der Waals surface area contributed by atoms with Crippen molar-refractivity contribution in [2.45, 2.75) is 56.8 Å². The monoisotopic (exact) mass is 520 g/mol. The van der Waals surface area contributed by atoms with Gasteiger partial charge in [0, 0.05) is 5.41 Å². The molecule has 2 aliphatic carbocycles. The lowest BCUT2D eigenvalue weighted by Crippen LogP contribution is -2.27. The van der Waals surface area contributed by atoms with Crippen molar-refractivity contribution < 1.29 is 33.2 Å². The molecule has 0 bridgehead atoms. The lowest BCUT2D eigenvalue weighted by molar-refractivity contribution is 0.348. The third-order valence-electron chi connectivity index (χ3n) is 7.90. The molecule has 194 valence electrons. The number of hydrogen-bond acceptors (Lipinski definition) is 6. The first kappa shape index (κ1) is 25.3. The predicted octanol–water partition coefficient (Wildman–Crippen LogP) is 6.41. The van der Waals surface area contributed by atoms with Crippen molar-refractivity contribution in [2.24, 2.45) is 0 Å². The molecule has 1 spiro atoms. The molecule has 3 N–H and O–H groups in total. The molecule has 0 heterocycles. The molecule has 5 rings (SSSR count). The number of fused-ring (bicyclic) bond motifs is 4. The van der Waals surface area contributed by atoms with Crippen LogP contribution < -0.4 is 4.74 Å². The molecule has 0 aliphatic heterocycles. The van der Waals surface area contributed by atoms with E-state index in [2.05, 4.69) is 0 Å². The van der Waals surface area contributed by atoms with Gasteiger partial charge >= 0.3 is 0 Å². The van der Waals surface area contributed by atoms with Crippen molar-refractivity contribution in [1.82, 2.24) is 0 Å². The molecule has 3 aromatic carbocycles. The molecular formula is C29H23F3N2O4. The molecule has 0 aromatic heterocycles. The first-order chi connectivity index (χ1) is 17.7. The second-order valence-corrected chi connectivity index (χ2v) is 11.3. The van der Waals surface area contributed by atoms with Gasteiger partial charge in [-0.25, -0.2) is 13.2 Å². The highest BCUT2D eigenvalue weighted by molar-refractivity contribution is 5.66. The Hall–Kier alpha value is -4.37. The van der Waals surface area contributed by atoms with E-state index < -0.39 is 56.3 Å². The minimum Gasteiger partial charge on any atom is -0.504 e. The smallest absolute Gasteiger partial charge is 0.188 e. The van der Waals surface area contributed by atoms with Crippen LogP contribution in [0.25, 0.3) is 0 Å². The highest BCUT2D eigenvalue weighted by Gasteiger charge is 2.57. The van der Waals surface area contributed by atoms with Gasteiger partial charge in [-0.05, 0) is 70.2 Å². The third kappa shape index (κ3) is 3.24. The van der Waals surface area contributed by atoms with Crippen molar-refractivity contribution in [3.63, 3.8) is 0 Å². The van der Waals surface area contributed by atoms with Crippen LogP contribution in [0.4, 0.5) is 13.2 Å². The van der Waals surface area contributed by atoms with Gasteiger partial charge in [0.1, 0.15) is 23.3 Å². The first-order valence-electron chi connectivity index (χ1n) is 11.8. The van der Waals surface area contributed by atoms with Gasteiger partial charge in [0.15, 0.2) is 46.2 Å². The summed E-state index contributed by atoms with van der Waals surface area (Å²) in [5, 5.41) is 49.9. The number of phenols is 3. The van der Waals surface area contributed by atoms with Gasteiger partial charge in [-0.3, -0.25) is 0 Å². The number of rotatable bonds is 2. The van der Waals surface area contributed by atoms with Gasteiger partial charge in [0.2, 0.25) is 0 Å². The second-order valence-electron chi connectivity index (χ2n) is 11.3. The summed E-state index contributed by atoms with van der Waals surface area (Å²) in [5.41, 5.74) is -0.824. The van der Waals surface area contributed by atoms with Crippen molar-refractivity contribution in [1.29, 1.82) is 10.5 Å². The van der Waals surface area contributed by atoms with Crippen molar-refractivity contribution in [3.05, 3.63) is 75.1 Å². The van der Waals surface area contributed by atoms with Gasteiger partial charge in [-0.15, -0.1) is 0 Å². The Balaban J connectivity index is 1.76. The summed E-state index contributed by atoms with van der Waals surface area (Å²) in [6.07, 6.45) is 1.14. The molecule has 3 aromatic rings. The van der Waals surface area contributed by atoms with Gasteiger partial charge in [-0.2, -0.15) is 10.5 Å². The summed E-state index contributed by atoms with van der Waals surface area (Å²) in [5.74, 6) is -7.39. The molecule has 0 fully saturated rings. The molecule has 1 atom stereocenters. The van der Waals surface area contributed by atoms with Crippen molar-refractivity contribution >= 4 is 0 Å². The standard InChI is InChI=1S/C29H23F3N2O4/c1-27(2)11-29(17-7-20(36)19(35)5-15(17)27)12-28(3,4)16-6-21(37)22(8-18(16)29)38-26-14(10-34)24(31)23(30)13(9-33)25(26)32/h5-8,35-37H,11-12H2,1-4H3. The fourth-order valence-corrected chi connectivity index (χ4v) is 6.47.